The second-order valence-electron chi connectivity index (χ2n) is 7.00. The number of carbonyl (C=O) groups is 4. The van der Waals surface area contributed by atoms with Crippen molar-refractivity contribution in [3.8, 4) is 17.0 Å². The SMILES string of the molecule is CN1C(=O)C(C(=O)Nc2cc(Cl)c(-c3ncc(C(F)(F)F)cc3Cl)c(Cl)c2O)C(=O)N(C)C1=O. The number of anilines is 1. The lowest BCUT2D eigenvalue weighted by molar-refractivity contribution is -0.151. The smallest absolute Gasteiger partial charge is 0.417 e. The molecule has 2 heterocycles. The summed E-state index contributed by atoms with van der Waals surface area (Å²) in [6.45, 7) is 0. The Morgan fingerprint density at radius 3 is 2.12 bits per heavy atom. The van der Waals surface area contributed by atoms with Crippen LogP contribution in [0.15, 0.2) is 18.3 Å². The molecule has 0 saturated carbocycles. The zero-order valence-electron chi connectivity index (χ0n) is 17.0. The van der Waals surface area contributed by atoms with Crippen molar-refractivity contribution in [2.24, 2.45) is 5.92 Å². The standard InChI is InChI=1S/C19H12Cl3F3N4O5/c1-28-16(32)11(17(33)29(2)18(28)34)15(31)27-9-4-7(20)10(12(22)14(9)30)13-8(21)3-6(5-26-13)19(23,24)25/h3-5,11,30H,1-2H3,(H,27,31). The van der Waals surface area contributed by atoms with Gasteiger partial charge in [0, 0.05) is 25.9 Å². The molecule has 5 amide bonds. The van der Waals surface area contributed by atoms with Gasteiger partial charge < -0.3 is 10.4 Å². The van der Waals surface area contributed by atoms with Gasteiger partial charge in [-0.05, 0) is 12.1 Å². The highest BCUT2D eigenvalue weighted by Crippen LogP contribution is 2.46. The molecule has 1 aliphatic rings. The molecule has 34 heavy (non-hydrogen) atoms. The van der Waals surface area contributed by atoms with E-state index in [2.05, 4.69) is 10.3 Å². The van der Waals surface area contributed by atoms with E-state index in [-0.39, 0.29) is 16.3 Å². The van der Waals surface area contributed by atoms with Gasteiger partial charge in [0.1, 0.15) is 0 Å². The monoisotopic (exact) mass is 538 g/mol. The number of aromatic nitrogens is 1. The van der Waals surface area contributed by atoms with E-state index < -0.39 is 62.9 Å². The van der Waals surface area contributed by atoms with Crippen LogP contribution in [-0.4, -0.2) is 57.7 Å². The number of phenolic OH excluding ortho intramolecular Hbond substituents is 1. The second-order valence-corrected chi connectivity index (χ2v) is 8.19. The minimum atomic E-state index is -4.71. The number of rotatable bonds is 3. The van der Waals surface area contributed by atoms with Crippen LogP contribution in [0.3, 0.4) is 0 Å². The fourth-order valence-corrected chi connectivity index (χ4v) is 3.93. The molecule has 2 aromatic rings. The van der Waals surface area contributed by atoms with Crippen molar-refractivity contribution in [2.75, 3.05) is 19.4 Å². The molecule has 1 saturated heterocycles. The number of nitrogens with one attached hydrogen (secondary N) is 1. The molecule has 0 aliphatic carbocycles. The van der Waals surface area contributed by atoms with Gasteiger partial charge in [-0.15, -0.1) is 0 Å². The first-order chi connectivity index (χ1) is 15.7. The number of urea groups is 1. The van der Waals surface area contributed by atoms with Gasteiger partial charge in [-0.2, -0.15) is 13.2 Å². The first-order valence-electron chi connectivity index (χ1n) is 9.00. The van der Waals surface area contributed by atoms with Gasteiger partial charge in [0.05, 0.1) is 32.0 Å². The number of barbiturate groups is 1. The van der Waals surface area contributed by atoms with Crippen molar-refractivity contribution >= 4 is 64.2 Å². The number of pyridine rings is 1. The number of imide groups is 2. The topological polar surface area (TPSA) is 120 Å². The van der Waals surface area contributed by atoms with Crippen molar-refractivity contribution in [3.63, 3.8) is 0 Å². The molecule has 9 nitrogen and oxygen atoms in total. The Kier molecular flexibility index (Phi) is 6.71. The summed E-state index contributed by atoms with van der Waals surface area (Å²) >= 11 is 18.2. The number of aromatic hydroxyl groups is 1. The van der Waals surface area contributed by atoms with E-state index in [9.17, 15) is 37.5 Å². The molecule has 3 rings (SSSR count). The van der Waals surface area contributed by atoms with Gasteiger partial charge in [-0.25, -0.2) is 4.79 Å². The number of phenols is 1. The van der Waals surface area contributed by atoms with Crippen molar-refractivity contribution in [1.82, 2.24) is 14.8 Å². The Morgan fingerprint density at radius 2 is 1.62 bits per heavy atom. The van der Waals surface area contributed by atoms with Gasteiger partial charge in [0.25, 0.3) is 11.8 Å². The number of halogens is 6. The molecular weight excluding hydrogens is 528 g/mol. The fourth-order valence-electron chi connectivity index (χ4n) is 3.03. The van der Waals surface area contributed by atoms with E-state index in [4.69, 9.17) is 34.8 Å². The molecule has 0 bridgehead atoms. The van der Waals surface area contributed by atoms with Gasteiger partial charge >= 0.3 is 12.2 Å². The average Bonchev–Trinajstić information content (AvgIpc) is 2.75. The highest BCUT2D eigenvalue weighted by atomic mass is 35.5. The van der Waals surface area contributed by atoms with Gasteiger partial charge in [0.2, 0.25) is 5.91 Å². The van der Waals surface area contributed by atoms with E-state index >= 15 is 0 Å². The summed E-state index contributed by atoms with van der Waals surface area (Å²) in [4.78, 5) is 53.8. The normalized spacial score (nSPS) is 15.2. The van der Waals surface area contributed by atoms with Crippen LogP contribution >= 0.6 is 34.8 Å². The summed E-state index contributed by atoms with van der Waals surface area (Å²) in [6.07, 6.45) is -4.21. The van der Waals surface area contributed by atoms with Crippen LogP contribution in [0.5, 0.6) is 5.75 Å². The highest BCUT2D eigenvalue weighted by molar-refractivity contribution is 6.42. The summed E-state index contributed by atoms with van der Waals surface area (Å²) < 4.78 is 38.6. The molecule has 0 radical (unpaired) electrons. The lowest BCUT2D eigenvalue weighted by atomic mass is 10.0. The summed E-state index contributed by atoms with van der Waals surface area (Å²) in [5.74, 6) is -6.11. The van der Waals surface area contributed by atoms with Crippen LogP contribution in [0.1, 0.15) is 5.56 Å². The van der Waals surface area contributed by atoms with Crippen LogP contribution < -0.4 is 5.32 Å². The van der Waals surface area contributed by atoms with Crippen molar-refractivity contribution in [2.45, 2.75) is 6.18 Å². The van der Waals surface area contributed by atoms with Crippen LogP contribution in [0.2, 0.25) is 15.1 Å². The van der Waals surface area contributed by atoms with E-state index in [1.54, 1.807) is 0 Å². The number of carbonyl (C=O) groups excluding carboxylic acids is 4. The van der Waals surface area contributed by atoms with E-state index in [0.717, 1.165) is 20.2 Å². The van der Waals surface area contributed by atoms with Crippen molar-refractivity contribution in [3.05, 3.63) is 39.0 Å². The summed E-state index contributed by atoms with van der Waals surface area (Å²) in [7, 11) is 2.16. The highest BCUT2D eigenvalue weighted by Gasteiger charge is 2.47. The van der Waals surface area contributed by atoms with Crippen molar-refractivity contribution < 1.29 is 37.5 Å². The molecule has 2 N–H and O–H groups in total. The number of nitrogens with zero attached hydrogens (tertiary/aromatic N) is 3. The van der Waals surface area contributed by atoms with E-state index in [1.807, 2.05) is 0 Å². The number of hydrogen-bond acceptors (Lipinski definition) is 6. The summed E-state index contributed by atoms with van der Waals surface area (Å²) in [5, 5.41) is 11.3. The number of amides is 5. The maximum atomic E-state index is 12.9. The Morgan fingerprint density at radius 1 is 1.06 bits per heavy atom. The van der Waals surface area contributed by atoms with Crippen LogP contribution in [0.4, 0.5) is 23.7 Å². The van der Waals surface area contributed by atoms with Gasteiger partial charge in [-0.1, -0.05) is 34.8 Å². The van der Waals surface area contributed by atoms with Crippen LogP contribution in [-0.2, 0) is 20.6 Å². The molecule has 1 aromatic carbocycles. The number of hydrogen-bond donors (Lipinski definition) is 2. The van der Waals surface area contributed by atoms with Gasteiger partial charge in [0.15, 0.2) is 11.7 Å². The molecule has 15 heteroatoms. The Hall–Kier alpha value is -3.09. The maximum Gasteiger partial charge on any atom is 0.417 e. The number of alkyl halides is 3. The Labute approximate surface area is 204 Å². The second kappa shape index (κ2) is 8.93. The molecular formula is C19H12Cl3F3N4O5. The summed E-state index contributed by atoms with van der Waals surface area (Å²) in [5.41, 5.74) is -2.06. The molecule has 1 fully saturated rings. The predicted molar refractivity (Wildman–Crippen MR) is 114 cm³/mol. The first kappa shape index (κ1) is 25.5. The predicted octanol–water partition coefficient (Wildman–Crippen LogP) is 4.04. The third-order valence-corrected chi connectivity index (χ3v) is 5.80. The molecule has 0 atom stereocenters. The third-order valence-electron chi connectivity index (χ3n) is 4.85. The number of benzene rings is 1. The Balaban J connectivity index is 1.98. The van der Waals surface area contributed by atoms with Crippen molar-refractivity contribution in [1.29, 1.82) is 0 Å². The molecule has 1 aliphatic heterocycles. The first-order valence-corrected chi connectivity index (χ1v) is 10.1. The van der Waals surface area contributed by atoms with E-state index in [0.29, 0.717) is 22.1 Å². The van der Waals surface area contributed by atoms with Gasteiger partial charge in [-0.3, -0.25) is 29.2 Å². The third kappa shape index (κ3) is 4.36. The lowest BCUT2D eigenvalue weighted by Crippen LogP contribution is -2.59. The lowest BCUT2D eigenvalue weighted by Gasteiger charge is -2.32. The molecule has 1 aromatic heterocycles. The zero-order valence-corrected chi connectivity index (χ0v) is 19.3. The average molecular weight is 540 g/mol. The van der Waals surface area contributed by atoms with Crippen LogP contribution in [0, 0.1) is 5.92 Å². The molecule has 180 valence electrons. The maximum absolute atomic E-state index is 12.9. The zero-order chi connectivity index (χ0) is 25.7. The van der Waals surface area contributed by atoms with Crippen LogP contribution in [0.25, 0.3) is 11.3 Å². The summed E-state index contributed by atoms with van der Waals surface area (Å²) in [6, 6.07) is 0.637. The Bertz CT molecular complexity index is 1230. The molecule has 0 unspecified atom stereocenters. The molecule has 0 spiro atoms. The minimum Gasteiger partial charge on any atom is -0.504 e. The fraction of sp³-hybridized carbons (Fsp3) is 0.211. The van der Waals surface area contributed by atoms with E-state index in [1.165, 1.54) is 0 Å². The minimum absolute atomic E-state index is 0.229. The largest absolute Gasteiger partial charge is 0.504 e. The quantitative estimate of drug-likeness (QED) is 0.449.